The van der Waals surface area contributed by atoms with Crippen LogP contribution in [0.1, 0.15) is 5.56 Å². The van der Waals surface area contributed by atoms with Crippen LogP contribution in [0.25, 0.3) is 0 Å². The zero-order valence-electron chi connectivity index (χ0n) is 8.37. The van der Waals surface area contributed by atoms with Gasteiger partial charge in [-0.1, -0.05) is 0 Å². The van der Waals surface area contributed by atoms with E-state index in [1.165, 1.54) is 0 Å². The molecule has 1 aliphatic heterocycles. The van der Waals surface area contributed by atoms with Crippen LogP contribution in [0, 0.1) is 11.3 Å². The minimum Gasteiger partial charge on any atom is -0.353 e. The summed E-state index contributed by atoms with van der Waals surface area (Å²) in [7, 11) is 1.97. The average molecular weight is 267 g/mol. The van der Waals surface area contributed by atoms with Crippen molar-refractivity contribution in [1.29, 1.82) is 5.26 Å². The largest absolute Gasteiger partial charge is 0.353 e. The van der Waals surface area contributed by atoms with E-state index in [2.05, 4.69) is 37.2 Å². The number of likely N-dealkylation sites (N-methyl/N-ethyl adjacent to an activating group) is 1. The van der Waals surface area contributed by atoms with Crippen molar-refractivity contribution in [2.24, 2.45) is 0 Å². The molecule has 0 amide bonds. The van der Waals surface area contributed by atoms with E-state index in [9.17, 15) is 0 Å². The van der Waals surface area contributed by atoms with Crippen LogP contribution in [-0.2, 0) is 0 Å². The van der Waals surface area contributed by atoms with E-state index in [-0.39, 0.29) is 0 Å². The highest BCUT2D eigenvalue weighted by Crippen LogP contribution is 2.22. The standard InChI is InChI=1S/C10H11BrN4/c1-15(9-5-13-6-9)10-7(3-12)2-8(11)4-14-10/h2,4,9,13H,5-6H2,1H3. The molecule has 5 heteroatoms. The summed E-state index contributed by atoms with van der Waals surface area (Å²) >= 11 is 3.31. The Morgan fingerprint density at radius 2 is 2.40 bits per heavy atom. The molecule has 1 aromatic rings. The van der Waals surface area contributed by atoms with Crippen molar-refractivity contribution in [2.75, 3.05) is 25.0 Å². The second-order valence-corrected chi connectivity index (χ2v) is 4.48. The molecule has 4 nitrogen and oxygen atoms in total. The Morgan fingerprint density at radius 3 is 2.93 bits per heavy atom. The first-order valence-corrected chi connectivity index (χ1v) is 5.51. The molecule has 0 atom stereocenters. The van der Waals surface area contributed by atoms with Crippen LogP contribution in [-0.4, -0.2) is 31.2 Å². The fraction of sp³-hybridized carbons (Fsp3) is 0.400. The smallest absolute Gasteiger partial charge is 0.146 e. The molecule has 0 aromatic carbocycles. The van der Waals surface area contributed by atoms with Gasteiger partial charge >= 0.3 is 0 Å². The van der Waals surface area contributed by atoms with Gasteiger partial charge in [0.1, 0.15) is 11.9 Å². The monoisotopic (exact) mass is 266 g/mol. The number of nitriles is 1. The van der Waals surface area contributed by atoms with Gasteiger partial charge in [-0.3, -0.25) is 0 Å². The normalized spacial score (nSPS) is 15.5. The minimum absolute atomic E-state index is 0.450. The second-order valence-electron chi connectivity index (χ2n) is 3.56. The second kappa shape index (κ2) is 4.17. The van der Waals surface area contributed by atoms with Gasteiger partial charge in [0.05, 0.1) is 11.6 Å². The summed E-state index contributed by atoms with van der Waals surface area (Å²) in [6.45, 7) is 1.91. The quantitative estimate of drug-likeness (QED) is 0.872. The summed E-state index contributed by atoms with van der Waals surface area (Å²) in [5.74, 6) is 0.757. The van der Waals surface area contributed by atoms with Gasteiger partial charge in [0, 0.05) is 30.8 Å². The molecular formula is C10H11BrN4. The third-order valence-electron chi connectivity index (χ3n) is 2.60. The molecule has 1 aliphatic rings. The fourth-order valence-electron chi connectivity index (χ4n) is 1.52. The number of anilines is 1. The number of nitrogens with one attached hydrogen (secondary N) is 1. The lowest BCUT2D eigenvalue weighted by molar-refractivity contribution is 0.426. The maximum absolute atomic E-state index is 9.01. The topological polar surface area (TPSA) is 52.0 Å². The summed E-state index contributed by atoms with van der Waals surface area (Å²) in [5, 5.41) is 12.2. The molecule has 0 saturated carbocycles. The van der Waals surface area contributed by atoms with Gasteiger partial charge in [-0.05, 0) is 22.0 Å². The molecule has 0 bridgehead atoms. The van der Waals surface area contributed by atoms with Gasteiger partial charge in [0.15, 0.2) is 0 Å². The molecule has 0 spiro atoms. The van der Waals surface area contributed by atoms with Gasteiger partial charge in [0.25, 0.3) is 0 Å². The zero-order chi connectivity index (χ0) is 10.8. The first kappa shape index (κ1) is 10.4. The Kier molecular flexibility index (Phi) is 2.89. The number of rotatable bonds is 2. The molecule has 1 aromatic heterocycles. The SMILES string of the molecule is CN(c1ncc(Br)cc1C#N)C1CNC1. The molecule has 78 valence electrons. The van der Waals surface area contributed by atoms with Gasteiger partial charge in [-0.2, -0.15) is 5.26 Å². The number of halogens is 1. The number of aromatic nitrogens is 1. The Balaban J connectivity index is 2.30. The fourth-order valence-corrected chi connectivity index (χ4v) is 1.85. The molecule has 1 N–H and O–H groups in total. The maximum Gasteiger partial charge on any atom is 0.146 e. The van der Waals surface area contributed by atoms with Crippen molar-refractivity contribution < 1.29 is 0 Å². The Morgan fingerprint density at radius 1 is 1.67 bits per heavy atom. The van der Waals surface area contributed by atoms with Gasteiger partial charge in [-0.25, -0.2) is 4.98 Å². The Hall–Kier alpha value is -1.12. The van der Waals surface area contributed by atoms with E-state index in [0.717, 1.165) is 23.4 Å². The third kappa shape index (κ3) is 1.96. The molecule has 1 saturated heterocycles. The summed E-state index contributed by atoms with van der Waals surface area (Å²) < 4.78 is 0.836. The van der Waals surface area contributed by atoms with Crippen molar-refractivity contribution >= 4 is 21.7 Å². The third-order valence-corrected chi connectivity index (χ3v) is 3.03. The van der Waals surface area contributed by atoms with E-state index in [1.54, 1.807) is 12.3 Å². The summed E-state index contributed by atoms with van der Waals surface area (Å²) in [6, 6.07) is 4.41. The molecule has 15 heavy (non-hydrogen) atoms. The lowest BCUT2D eigenvalue weighted by Gasteiger charge is -2.36. The van der Waals surface area contributed by atoms with Crippen LogP contribution in [0.3, 0.4) is 0 Å². The first-order valence-electron chi connectivity index (χ1n) is 4.71. The summed E-state index contributed by atoms with van der Waals surface area (Å²) in [6.07, 6.45) is 1.72. The highest BCUT2D eigenvalue weighted by atomic mass is 79.9. The molecule has 1 fully saturated rings. The van der Waals surface area contributed by atoms with Crippen molar-refractivity contribution in [3.63, 3.8) is 0 Å². The van der Waals surface area contributed by atoms with Crippen LogP contribution in [0.2, 0.25) is 0 Å². The van der Waals surface area contributed by atoms with E-state index < -0.39 is 0 Å². The van der Waals surface area contributed by atoms with Crippen LogP contribution < -0.4 is 10.2 Å². The molecule has 0 radical (unpaired) electrons. The van der Waals surface area contributed by atoms with Gasteiger partial charge < -0.3 is 10.2 Å². The Bertz CT molecular complexity index is 408. The van der Waals surface area contributed by atoms with E-state index in [1.807, 2.05) is 7.05 Å². The van der Waals surface area contributed by atoms with E-state index in [0.29, 0.717) is 11.6 Å². The van der Waals surface area contributed by atoms with Crippen molar-refractivity contribution in [3.8, 4) is 6.07 Å². The number of pyridine rings is 1. The summed E-state index contributed by atoms with van der Waals surface area (Å²) in [5.41, 5.74) is 0.610. The van der Waals surface area contributed by atoms with Gasteiger partial charge in [0.2, 0.25) is 0 Å². The lowest BCUT2D eigenvalue weighted by Crippen LogP contribution is -2.56. The van der Waals surface area contributed by atoms with Crippen molar-refractivity contribution in [1.82, 2.24) is 10.3 Å². The van der Waals surface area contributed by atoms with Crippen LogP contribution >= 0.6 is 15.9 Å². The average Bonchev–Trinajstić information content (AvgIpc) is 2.14. The minimum atomic E-state index is 0.450. The molecular weight excluding hydrogens is 256 g/mol. The number of hydrogen-bond donors (Lipinski definition) is 1. The number of nitrogens with zero attached hydrogens (tertiary/aromatic N) is 3. The molecule has 0 aliphatic carbocycles. The first-order chi connectivity index (χ1) is 7.22. The Labute approximate surface area is 97.0 Å². The van der Waals surface area contributed by atoms with E-state index in [4.69, 9.17) is 5.26 Å². The van der Waals surface area contributed by atoms with Crippen molar-refractivity contribution in [2.45, 2.75) is 6.04 Å². The molecule has 0 unspecified atom stereocenters. The predicted molar refractivity (Wildman–Crippen MR) is 61.7 cm³/mol. The highest BCUT2D eigenvalue weighted by molar-refractivity contribution is 9.10. The highest BCUT2D eigenvalue weighted by Gasteiger charge is 2.24. The zero-order valence-corrected chi connectivity index (χ0v) is 9.95. The predicted octanol–water partition coefficient (Wildman–Crippen LogP) is 1.12. The van der Waals surface area contributed by atoms with Crippen molar-refractivity contribution in [3.05, 3.63) is 22.3 Å². The summed E-state index contributed by atoms with van der Waals surface area (Å²) in [4.78, 5) is 6.34. The van der Waals surface area contributed by atoms with Crippen LogP contribution in [0.5, 0.6) is 0 Å². The van der Waals surface area contributed by atoms with Crippen LogP contribution in [0.15, 0.2) is 16.7 Å². The van der Waals surface area contributed by atoms with Gasteiger partial charge in [-0.15, -0.1) is 0 Å². The molecule has 2 rings (SSSR count). The maximum atomic E-state index is 9.01. The van der Waals surface area contributed by atoms with Crippen LogP contribution in [0.4, 0.5) is 5.82 Å². The molecule has 2 heterocycles. The van der Waals surface area contributed by atoms with E-state index >= 15 is 0 Å². The number of hydrogen-bond acceptors (Lipinski definition) is 4. The lowest BCUT2D eigenvalue weighted by atomic mass is 10.1.